The molecular formula is C8H5F4IO. The fourth-order valence-electron chi connectivity index (χ4n) is 0.840. The Balaban J connectivity index is 3.14. The molecule has 0 aliphatic heterocycles. The molecule has 0 aromatic heterocycles. The topological polar surface area (TPSA) is 20.2 Å². The van der Waals surface area contributed by atoms with Crippen LogP contribution in [0.4, 0.5) is 17.6 Å². The Morgan fingerprint density at radius 2 is 1.93 bits per heavy atom. The molecule has 0 aliphatic rings. The van der Waals surface area contributed by atoms with Gasteiger partial charge in [-0.3, -0.25) is 0 Å². The van der Waals surface area contributed by atoms with Crippen molar-refractivity contribution < 1.29 is 22.7 Å². The molecule has 0 bridgehead atoms. The highest BCUT2D eigenvalue weighted by atomic mass is 127. The number of alkyl halides is 3. The Bertz CT molecular complexity index is 340. The molecule has 6 heteroatoms. The third-order valence-corrected chi connectivity index (χ3v) is 2.44. The van der Waals surface area contributed by atoms with Crippen LogP contribution in [0, 0.1) is 9.39 Å². The third kappa shape index (κ3) is 2.17. The second kappa shape index (κ2) is 4.01. The molecule has 1 aromatic carbocycles. The van der Waals surface area contributed by atoms with Crippen molar-refractivity contribution in [3.63, 3.8) is 0 Å². The van der Waals surface area contributed by atoms with E-state index in [1.165, 1.54) is 22.6 Å². The van der Waals surface area contributed by atoms with Crippen molar-refractivity contribution in [1.29, 1.82) is 0 Å². The van der Waals surface area contributed by atoms with Crippen LogP contribution in [0.3, 0.4) is 0 Å². The maximum atomic E-state index is 12.9. The first kappa shape index (κ1) is 11.7. The van der Waals surface area contributed by atoms with Gasteiger partial charge in [0.2, 0.25) is 0 Å². The maximum absolute atomic E-state index is 12.9. The molecule has 1 unspecified atom stereocenters. The van der Waals surface area contributed by atoms with Crippen molar-refractivity contribution in [2.24, 2.45) is 0 Å². The van der Waals surface area contributed by atoms with E-state index in [0.29, 0.717) is 0 Å². The first-order valence-corrected chi connectivity index (χ1v) is 4.58. The van der Waals surface area contributed by atoms with E-state index in [4.69, 9.17) is 5.11 Å². The highest BCUT2D eigenvalue weighted by Gasteiger charge is 2.40. The second-order valence-electron chi connectivity index (χ2n) is 2.60. The lowest BCUT2D eigenvalue weighted by Gasteiger charge is -2.18. The number of benzene rings is 1. The number of hydrogen-bond acceptors (Lipinski definition) is 1. The van der Waals surface area contributed by atoms with Crippen LogP contribution in [0.5, 0.6) is 0 Å². The zero-order valence-electron chi connectivity index (χ0n) is 6.65. The smallest absolute Gasteiger partial charge is 0.300 e. The molecule has 0 spiro atoms. The predicted octanol–water partition coefficient (Wildman–Crippen LogP) is 2.81. The summed E-state index contributed by atoms with van der Waals surface area (Å²) in [7, 11) is 0. The van der Waals surface area contributed by atoms with Gasteiger partial charge in [0.1, 0.15) is 5.82 Å². The molecule has 1 atom stereocenters. The van der Waals surface area contributed by atoms with Crippen LogP contribution in [0.1, 0.15) is 5.56 Å². The highest BCUT2D eigenvalue weighted by Crippen LogP contribution is 2.31. The number of rotatable bonds is 2. The van der Waals surface area contributed by atoms with E-state index < -0.39 is 23.7 Å². The molecule has 1 nitrogen and oxygen atoms in total. The lowest BCUT2D eigenvalue weighted by Crippen LogP contribution is -2.28. The summed E-state index contributed by atoms with van der Waals surface area (Å²) in [6.45, 7) is 0. The fourth-order valence-corrected chi connectivity index (χ4v) is 1.36. The van der Waals surface area contributed by atoms with E-state index in [9.17, 15) is 17.6 Å². The van der Waals surface area contributed by atoms with Crippen molar-refractivity contribution in [3.05, 3.63) is 33.1 Å². The van der Waals surface area contributed by atoms with Crippen molar-refractivity contribution in [1.82, 2.24) is 0 Å². The number of aliphatic hydroxyl groups is 1. The van der Waals surface area contributed by atoms with Crippen molar-refractivity contribution >= 4 is 22.6 Å². The predicted molar refractivity (Wildman–Crippen MR) is 50.1 cm³/mol. The summed E-state index contributed by atoms with van der Waals surface area (Å²) in [5, 5.41) is 8.74. The summed E-state index contributed by atoms with van der Waals surface area (Å²) in [4.78, 5) is 0. The van der Waals surface area contributed by atoms with Gasteiger partial charge in [-0.1, -0.05) is 6.07 Å². The molecule has 0 amide bonds. The second-order valence-corrected chi connectivity index (χ2v) is 3.77. The Morgan fingerprint density at radius 3 is 2.36 bits per heavy atom. The average molecular weight is 320 g/mol. The van der Waals surface area contributed by atoms with Gasteiger partial charge >= 0.3 is 6.43 Å². The van der Waals surface area contributed by atoms with Crippen LogP contribution < -0.4 is 0 Å². The van der Waals surface area contributed by atoms with Crippen LogP contribution in [0.2, 0.25) is 0 Å². The monoisotopic (exact) mass is 320 g/mol. The molecule has 0 saturated heterocycles. The largest absolute Gasteiger partial charge is 0.354 e. The van der Waals surface area contributed by atoms with Gasteiger partial charge in [-0.15, -0.1) is 0 Å². The van der Waals surface area contributed by atoms with Gasteiger partial charge in [0.15, 0.2) is 0 Å². The quantitative estimate of drug-likeness (QED) is 0.656. The summed E-state index contributed by atoms with van der Waals surface area (Å²) in [6, 6.07) is 2.44. The molecule has 0 radical (unpaired) electrons. The van der Waals surface area contributed by atoms with Gasteiger partial charge in [-0.05, 0) is 34.7 Å². The van der Waals surface area contributed by atoms with E-state index in [-0.39, 0.29) is 3.57 Å². The molecule has 1 rings (SSSR count). The normalized spacial score (nSPS) is 15.6. The van der Waals surface area contributed by atoms with Gasteiger partial charge in [0.25, 0.3) is 5.85 Å². The Hall–Kier alpha value is -0.370. The molecule has 78 valence electrons. The minimum atomic E-state index is -3.73. The van der Waals surface area contributed by atoms with Crippen LogP contribution >= 0.6 is 22.6 Å². The molecule has 0 saturated carbocycles. The zero-order chi connectivity index (χ0) is 10.9. The van der Waals surface area contributed by atoms with Gasteiger partial charge in [-0.25, -0.2) is 17.6 Å². The fraction of sp³-hybridized carbons (Fsp3) is 0.250. The summed E-state index contributed by atoms with van der Waals surface area (Å²) < 4.78 is 49.6. The Labute approximate surface area is 90.9 Å². The van der Waals surface area contributed by atoms with Crippen molar-refractivity contribution in [2.45, 2.75) is 12.3 Å². The summed E-state index contributed by atoms with van der Waals surface area (Å²) in [5.41, 5.74) is -0.654. The van der Waals surface area contributed by atoms with E-state index in [1.807, 2.05) is 0 Å². The molecule has 0 heterocycles. The van der Waals surface area contributed by atoms with Crippen molar-refractivity contribution in [2.75, 3.05) is 0 Å². The van der Waals surface area contributed by atoms with Crippen LogP contribution in [-0.4, -0.2) is 11.5 Å². The molecular weight excluding hydrogens is 315 g/mol. The molecule has 1 N–H and O–H groups in total. The van der Waals surface area contributed by atoms with Gasteiger partial charge in [-0.2, -0.15) is 0 Å². The van der Waals surface area contributed by atoms with Crippen LogP contribution in [0.15, 0.2) is 18.2 Å². The minimum Gasteiger partial charge on any atom is -0.354 e. The summed E-state index contributed by atoms with van der Waals surface area (Å²) in [6.07, 6.45) is -3.57. The minimum absolute atomic E-state index is 0.0307. The lowest BCUT2D eigenvalue weighted by atomic mass is 10.1. The highest BCUT2D eigenvalue weighted by molar-refractivity contribution is 14.1. The van der Waals surface area contributed by atoms with Crippen LogP contribution in [0.25, 0.3) is 0 Å². The van der Waals surface area contributed by atoms with Crippen molar-refractivity contribution in [3.8, 4) is 0 Å². The van der Waals surface area contributed by atoms with Crippen LogP contribution in [-0.2, 0) is 5.85 Å². The molecule has 1 aromatic rings. The average Bonchev–Trinajstić information content (AvgIpc) is 2.09. The van der Waals surface area contributed by atoms with Gasteiger partial charge < -0.3 is 5.11 Å². The number of halogens is 5. The van der Waals surface area contributed by atoms with Gasteiger partial charge in [0, 0.05) is 9.13 Å². The molecule has 0 aliphatic carbocycles. The van der Waals surface area contributed by atoms with Gasteiger partial charge in [0.05, 0.1) is 0 Å². The summed E-state index contributed by atoms with van der Waals surface area (Å²) >= 11 is 1.52. The van der Waals surface area contributed by atoms with E-state index in [1.54, 1.807) is 0 Å². The standard InChI is InChI=1S/C8H5F4IO/c9-5-2-1-4(3-6(5)13)8(12,14)7(10)11/h1-3,7,14H. The van der Waals surface area contributed by atoms with E-state index in [0.717, 1.165) is 18.2 Å². The Kier molecular flexibility index (Phi) is 3.36. The SMILES string of the molecule is OC(F)(c1ccc(F)c(I)c1)C(F)F. The zero-order valence-corrected chi connectivity index (χ0v) is 8.80. The molecule has 0 fully saturated rings. The Morgan fingerprint density at radius 1 is 1.36 bits per heavy atom. The van der Waals surface area contributed by atoms with E-state index >= 15 is 0 Å². The summed E-state index contributed by atoms with van der Waals surface area (Å²) in [5.74, 6) is -4.38. The first-order valence-electron chi connectivity index (χ1n) is 3.50. The first-order chi connectivity index (χ1) is 6.35. The molecule has 14 heavy (non-hydrogen) atoms. The number of hydrogen-bond donors (Lipinski definition) is 1. The third-order valence-electron chi connectivity index (χ3n) is 1.61. The van der Waals surface area contributed by atoms with E-state index in [2.05, 4.69) is 0 Å². The maximum Gasteiger partial charge on any atom is 0.300 e. The lowest BCUT2D eigenvalue weighted by molar-refractivity contribution is -0.194.